The smallest absolute Gasteiger partial charge is 0.0431 e. The Kier molecular flexibility index (Phi) is 19.8. The zero-order chi connectivity index (χ0) is 15.4. The number of aliphatic hydroxyl groups is 1. The van der Waals surface area contributed by atoms with Gasteiger partial charge in [0.15, 0.2) is 0 Å². The molecule has 0 saturated heterocycles. The first-order valence-corrected chi connectivity index (χ1v) is 9.72. The number of hydrogen-bond donors (Lipinski definition) is 2. The van der Waals surface area contributed by atoms with Crippen molar-refractivity contribution in [3.05, 3.63) is 0 Å². The molecule has 0 heterocycles. The van der Waals surface area contributed by atoms with Crippen molar-refractivity contribution in [1.29, 1.82) is 0 Å². The highest BCUT2D eigenvalue weighted by atomic mass is 16.2. The van der Waals surface area contributed by atoms with Gasteiger partial charge in [-0.25, -0.2) is 0 Å². The molecule has 0 fully saturated rings. The molecule has 0 spiro atoms. The Labute approximate surface area is 133 Å². The Morgan fingerprint density at radius 3 is 0.857 bits per heavy atom. The molecule has 0 radical (unpaired) electrons. The lowest BCUT2D eigenvalue weighted by Crippen LogP contribution is -1.97. The van der Waals surface area contributed by atoms with Crippen LogP contribution in [-0.2, 0) is 0 Å². The maximum Gasteiger partial charge on any atom is 0.0431 e. The largest absolute Gasteiger partial charge is 0.396 e. The molecule has 3 N–H and O–H groups in total. The maximum absolute atomic E-state index is 8.69. The molecule has 2 heteroatoms. The SMILES string of the molecule is NCCCCCCCCCCCCCCCCCCCO. The summed E-state index contributed by atoms with van der Waals surface area (Å²) in [6.45, 7) is 1.23. The summed E-state index contributed by atoms with van der Waals surface area (Å²) in [5.41, 5.74) is 5.49. The first-order valence-electron chi connectivity index (χ1n) is 9.72. The van der Waals surface area contributed by atoms with E-state index in [1.54, 1.807) is 0 Å². The molecule has 0 aromatic rings. The van der Waals surface area contributed by atoms with E-state index in [0.29, 0.717) is 6.61 Å². The van der Waals surface area contributed by atoms with Crippen LogP contribution < -0.4 is 5.73 Å². The summed E-state index contributed by atoms with van der Waals surface area (Å²) in [5.74, 6) is 0. The lowest BCUT2D eigenvalue weighted by molar-refractivity contribution is 0.282. The lowest BCUT2D eigenvalue weighted by Gasteiger charge is -2.03. The van der Waals surface area contributed by atoms with Gasteiger partial charge in [0.1, 0.15) is 0 Å². The van der Waals surface area contributed by atoms with E-state index in [9.17, 15) is 0 Å². The zero-order valence-corrected chi connectivity index (χ0v) is 14.5. The highest BCUT2D eigenvalue weighted by Crippen LogP contribution is 2.13. The van der Waals surface area contributed by atoms with Crippen LogP contribution in [0, 0.1) is 0 Å². The number of unbranched alkanes of at least 4 members (excludes halogenated alkanes) is 16. The van der Waals surface area contributed by atoms with Crippen LogP contribution >= 0.6 is 0 Å². The Bertz CT molecular complexity index is 155. The fourth-order valence-corrected chi connectivity index (χ4v) is 2.91. The molecule has 2 nitrogen and oxygen atoms in total. The fourth-order valence-electron chi connectivity index (χ4n) is 2.91. The van der Waals surface area contributed by atoms with Crippen LogP contribution in [0.2, 0.25) is 0 Å². The van der Waals surface area contributed by atoms with Crippen molar-refractivity contribution in [3.8, 4) is 0 Å². The van der Waals surface area contributed by atoms with Gasteiger partial charge in [0, 0.05) is 6.61 Å². The van der Waals surface area contributed by atoms with Crippen LogP contribution in [0.15, 0.2) is 0 Å². The van der Waals surface area contributed by atoms with E-state index >= 15 is 0 Å². The van der Waals surface area contributed by atoms with Crippen molar-refractivity contribution >= 4 is 0 Å². The first kappa shape index (κ1) is 20.9. The highest BCUT2D eigenvalue weighted by molar-refractivity contribution is 4.50. The van der Waals surface area contributed by atoms with Crippen molar-refractivity contribution in [3.63, 3.8) is 0 Å². The highest BCUT2D eigenvalue weighted by Gasteiger charge is 1.94. The lowest BCUT2D eigenvalue weighted by atomic mass is 10.0. The summed E-state index contributed by atoms with van der Waals surface area (Å²) in [6.07, 6.45) is 23.1. The average molecular weight is 300 g/mol. The number of hydrogen-bond acceptors (Lipinski definition) is 2. The van der Waals surface area contributed by atoms with E-state index in [0.717, 1.165) is 13.0 Å². The van der Waals surface area contributed by atoms with E-state index in [4.69, 9.17) is 10.8 Å². The molecule has 0 amide bonds. The minimum Gasteiger partial charge on any atom is -0.396 e. The summed E-state index contributed by atoms with van der Waals surface area (Å²) >= 11 is 0. The second-order valence-electron chi connectivity index (χ2n) is 6.52. The van der Waals surface area contributed by atoms with Gasteiger partial charge in [0.2, 0.25) is 0 Å². The number of aliphatic hydroxyl groups excluding tert-OH is 1. The third-order valence-corrected chi connectivity index (χ3v) is 4.36. The monoisotopic (exact) mass is 299 g/mol. The molecule has 0 aromatic heterocycles. The summed E-state index contributed by atoms with van der Waals surface area (Å²) in [5, 5.41) is 8.69. The second-order valence-corrected chi connectivity index (χ2v) is 6.52. The molecule has 128 valence electrons. The molecule has 0 unspecified atom stereocenters. The Morgan fingerprint density at radius 1 is 0.381 bits per heavy atom. The minimum absolute atomic E-state index is 0.369. The molecule has 0 bridgehead atoms. The normalized spacial score (nSPS) is 11.1. The molecule has 0 saturated carbocycles. The molecule has 0 aromatic carbocycles. The molecule has 0 aliphatic rings. The van der Waals surface area contributed by atoms with Crippen molar-refractivity contribution in [2.24, 2.45) is 5.73 Å². The van der Waals surface area contributed by atoms with E-state index in [-0.39, 0.29) is 0 Å². The van der Waals surface area contributed by atoms with Gasteiger partial charge in [-0.05, 0) is 19.4 Å². The summed E-state index contributed by atoms with van der Waals surface area (Å²) in [6, 6.07) is 0. The average Bonchev–Trinajstić information content (AvgIpc) is 2.50. The van der Waals surface area contributed by atoms with E-state index in [1.165, 1.54) is 103 Å². The van der Waals surface area contributed by atoms with E-state index in [2.05, 4.69) is 0 Å². The molecular formula is C19H41NO. The van der Waals surface area contributed by atoms with Crippen molar-refractivity contribution in [2.45, 2.75) is 109 Å². The van der Waals surface area contributed by atoms with Crippen LogP contribution in [0.4, 0.5) is 0 Å². The predicted molar refractivity (Wildman–Crippen MR) is 94.6 cm³/mol. The minimum atomic E-state index is 0.369. The quantitative estimate of drug-likeness (QED) is 0.325. The Hall–Kier alpha value is -0.0800. The Balaban J connectivity index is 2.90. The maximum atomic E-state index is 8.69. The summed E-state index contributed by atoms with van der Waals surface area (Å²) in [7, 11) is 0. The molecule has 21 heavy (non-hydrogen) atoms. The molecule has 0 aliphatic heterocycles. The summed E-state index contributed by atoms with van der Waals surface area (Å²) in [4.78, 5) is 0. The molecule has 0 rings (SSSR count). The van der Waals surface area contributed by atoms with Gasteiger partial charge in [0.25, 0.3) is 0 Å². The van der Waals surface area contributed by atoms with Crippen LogP contribution in [-0.4, -0.2) is 18.3 Å². The predicted octanol–water partition coefficient (Wildman–Crippen LogP) is 5.57. The van der Waals surface area contributed by atoms with E-state index < -0.39 is 0 Å². The molecule has 0 atom stereocenters. The molecular weight excluding hydrogens is 258 g/mol. The van der Waals surface area contributed by atoms with Gasteiger partial charge in [-0.2, -0.15) is 0 Å². The van der Waals surface area contributed by atoms with Crippen LogP contribution in [0.25, 0.3) is 0 Å². The van der Waals surface area contributed by atoms with Crippen molar-refractivity contribution in [1.82, 2.24) is 0 Å². The summed E-state index contributed by atoms with van der Waals surface area (Å²) < 4.78 is 0. The standard InChI is InChI=1S/C19H41NO/c20-18-16-14-12-10-8-6-4-2-1-3-5-7-9-11-13-15-17-19-21/h21H,1-20H2. The third-order valence-electron chi connectivity index (χ3n) is 4.36. The van der Waals surface area contributed by atoms with Crippen molar-refractivity contribution in [2.75, 3.05) is 13.2 Å². The van der Waals surface area contributed by atoms with Gasteiger partial charge in [-0.3, -0.25) is 0 Å². The first-order chi connectivity index (χ1) is 10.4. The van der Waals surface area contributed by atoms with Gasteiger partial charge >= 0.3 is 0 Å². The van der Waals surface area contributed by atoms with Gasteiger partial charge in [0.05, 0.1) is 0 Å². The zero-order valence-electron chi connectivity index (χ0n) is 14.5. The van der Waals surface area contributed by atoms with Gasteiger partial charge in [-0.1, -0.05) is 96.3 Å². The second kappa shape index (κ2) is 19.9. The molecule has 0 aliphatic carbocycles. The van der Waals surface area contributed by atoms with Crippen LogP contribution in [0.5, 0.6) is 0 Å². The Morgan fingerprint density at radius 2 is 0.619 bits per heavy atom. The van der Waals surface area contributed by atoms with Crippen LogP contribution in [0.3, 0.4) is 0 Å². The number of nitrogens with two attached hydrogens (primary N) is 1. The van der Waals surface area contributed by atoms with Crippen LogP contribution in [0.1, 0.15) is 109 Å². The van der Waals surface area contributed by atoms with Gasteiger partial charge in [-0.15, -0.1) is 0 Å². The topological polar surface area (TPSA) is 46.2 Å². The third kappa shape index (κ3) is 19.9. The van der Waals surface area contributed by atoms with Crippen molar-refractivity contribution < 1.29 is 5.11 Å². The fraction of sp³-hybridized carbons (Fsp3) is 1.00. The van der Waals surface area contributed by atoms with Gasteiger partial charge < -0.3 is 10.8 Å². The number of rotatable bonds is 18. The van der Waals surface area contributed by atoms with E-state index in [1.807, 2.05) is 0 Å².